The Morgan fingerprint density at radius 1 is 1.22 bits per heavy atom. The summed E-state index contributed by atoms with van der Waals surface area (Å²) in [4.78, 5) is 24.7. The van der Waals surface area contributed by atoms with Gasteiger partial charge in [-0.15, -0.1) is 0 Å². The van der Waals surface area contributed by atoms with Gasteiger partial charge in [0.1, 0.15) is 6.54 Å². The molecule has 0 unspecified atom stereocenters. The summed E-state index contributed by atoms with van der Waals surface area (Å²) >= 11 is 0. The molecule has 0 radical (unpaired) electrons. The van der Waals surface area contributed by atoms with Crippen LogP contribution in [-0.2, 0) is 9.59 Å². The van der Waals surface area contributed by atoms with Crippen molar-refractivity contribution >= 4 is 11.9 Å². The van der Waals surface area contributed by atoms with Crippen molar-refractivity contribution in [2.45, 2.75) is 47.1 Å². The third kappa shape index (κ3) is 4.29. The zero-order valence-corrected chi connectivity index (χ0v) is 12.3. The molecule has 0 rings (SSSR count). The van der Waals surface area contributed by atoms with Crippen LogP contribution in [0.5, 0.6) is 0 Å². The first-order valence-corrected chi connectivity index (χ1v) is 6.19. The van der Waals surface area contributed by atoms with Gasteiger partial charge < -0.3 is 15.7 Å². The number of hydrogen-bond donors (Lipinski definition) is 2. The molecule has 3 N–H and O–H groups in total. The number of rotatable bonds is 6. The van der Waals surface area contributed by atoms with Gasteiger partial charge in [0, 0.05) is 12.1 Å². The second-order valence-corrected chi connectivity index (χ2v) is 6.32. The second kappa shape index (κ2) is 5.69. The Balaban J connectivity index is 5.12. The molecule has 18 heavy (non-hydrogen) atoms. The molecule has 5 heteroatoms. The fourth-order valence-electron chi connectivity index (χ4n) is 1.49. The fraction of sp³-hybridized carbons (Fsp3) is 0.846. The normalized spacial score (nSPS) is 12.7. The summed E-state index contributed by atoms with van der Waals surface area (Å²) in [5.74, 6) is -1.01. The topological polar surface area (TPSA) is 83.6 Å². The van der Waals surface area contributed by atoms with Crippen LogP contribution >= 0.6 is 0 Å². The number of carbonyl (C=O) groups is 2. The third-order valence-electron chi connectivity index (χ3n) is 3.34. The monoisotopic (exact) mass is 258 g/mol. The minimum absolute atomic E-state index is 0.213. The van der Waals surface area contributed by atoms with Crippen molar-refractivity contribution in [1.29, 1.82) is 0 Å². The van der Waals surface area contributed by atoms with Gasteiger partial charge in [-0.25, -0.2) is 0 Å². The van der Waals surface area contributed by atoms with Gasteiger partial charge in [-0.1, -0.05) is 13.8 Å². The summed E-state index contributed by atoms with van der Waals surface area (Å²) in [7, 11) is 0. The Labute approximate surface area is 109 Å². The van der Waals surface area contributed by atoms with E-state index in [9.17, 15) is 9.59 Å². The SMILES string of the molecule is CC(C)CN(CC(=O)O)C(=O)C(C)(C)C(C)(C)N. The maximum atomic E-state index is 12.5. The molecule has 0 aliphatic heterocycles. The van der Waals surface area contributed by atoms with Gasteiger partial charge in [0.05, 0.1) is 5.41 Å². The first-order valence-electron chi connectivity index (χ1n) is 6.19. The van der Waals surface area contributed by atoms with Crippen LogP contribution in [0.3, 0.4) is 0 Å². The number of nitrogens with two attached hydrogens (primary N) is 1. The van der Waals surface area contributed by atoms with E-state index in [1.165, 1.54) is 4.90 Å². The molecule has 0 spiro atoms. The van der Waals surface area contributed by atoms with Crippen molar-refractivity contribution in [3.05, 3.63) is 0 Å². The Kier molecular flexibility index (Phi) is 5.35. The highest BCUT2D eigenvalue weighted by molar-refractivity contribution is 5.86. The molecule has 0 aromatic carbocycles. The lowest BCUT2D eigenvalue weighted by atomic mass is 9.74. The van der Waals surface area contributed by atoms with E-state index in [4.69, 9.17) is 10.8 Å². The Bertz CT molecular complexity index is 317. The van der Waals surface area contributed by atoms with E-state index >= 15 is 0 Å². The van der Waals surface area contributed by atoms with Gasteiger partial charge in [-0.2, -0.15) is 0 Å². The van der Waals surface area contributed by atoms with Crippen molar-refractivity contribution in [1.82, 2.24) is 4.90 Å². The van der Waals surface area contributed by atoms with Gasteiger partial charge >= 0.3 is 5.97 Å². The average molecular weight is 258 g/mol. The molecule has 0 aromatic rings. The number of amides is 1. The van der Waals surface area contributed by atoms with Crippen molar-refractivity contribution in [2.75, 3.05) is 13.1 Å². The van der Waals surface area contributed by atoms with E-state index in [0.29, 0.717) is 6.54 Å². The molecule has 0 saturated heterocycles. The highest BCUT2D eigenvalue weighted by atomic mass is 16.4. The predicted molar refractivity (Wildman–Crippen MR) is 71.1 cm³/mol. The van der Waals surface area contributed by atoms with Crippen molar-refractivity contribution in [3.63, 3.8) is 0 Å². The highest BCUT2D eigenvalue weighted by Crippen LogP contribution is 2.30. The quantitative estimate of drug-likeness (QED) is 0.752. The molecule has 5 nitrogen and oxygen atoms in total. The molecular weight excluding hydrogens is 232 g/mol. The molecule has 0 aliphatic rings. The summed E-state index contributed by atoms with van der Waals surface area (Å²) in [6, 6.07) is 0. The largest absolute Gasteiger partial charge is 0.480 e. The minimum Gasteiger partial charge on any atom is -0.480 e. The number of carboxylic acids is 1. The van der Waals surface area contributed by atoms with E-state index < -0.39 is 16.9 Å². The van der Waals surface area contributed by atoms with Crippen LogP contribution < -0.4 is 5.73 Å². The lowest BCUT2D eigenvalue weighted by molar-refractivity contribution is -0.151. The summed E-state index contributed by atoms with van der Waals surface area (Å²) in [5, 5.41) is 8.89. The third-order valence-corrected chi connectivity index (χ3v) is 3.34. The zero-order chi connectivity index (χ0) is 14.7. The molecule has 0 fully saturated rings. The Morgan fingerprint density at radius 2 is 1.67 bits per heavy atom. The number of carbonyl (C=O) groups excluding carboxylic acids is 1. The fourth-order valence-corrected chi connectivity index (χ4v) is 1.49. The summed E-state index contributed by atoms with van der Waals surface area (Å²) in [5.41, 5.74) is 4.50. The van der Waals surface area contributed by atoms with E-state index in [-0.39, 0.29) is 18.4 Å². The van der Waals surface area contributed by atoms with Crippen LogP contribution in [0, 0.1) is 11.3 Å². The number of hydrogen-bond acceptors (Lipinski definition) is 3. The predicted octanol–water partition coefficient (Wildman–Crippen LogP) is 1.32. The highest BCUT2D eigenvalue weighted by Gasteiger charge is 2.43. The second-order valence-electron chi connectivity index (χ2n) is 6.32. The van der Waals surface area contributed by atoms with E-state index in [1.54, 1.807) is 27.7 Å². The van der Waals surface area contributed by atoms with E-state index in [2.05, 4.69) is 0 Å². The molecular formula is C13H26N2O3. The van der Waals surface area contributed by atoms with Crippen LogP contribution in [0.2, 0.25) is 0 Å². The first kappa shape index (κ1) is 16.9. The molecule has 1 amide bonds. The Hall–Kier alpha value is -1.10. The van der Waals surface area contributed by atoms with E-state index in [0.717, 1.165) is 0 Å². The Morgan fingerprint density at radius 3 is 1.94 bits per heavy atom. The smallest absolute Gasteiger partial charge is 0.323 e. The molecule has 0 aromatic heterocycles. The molecule has 0 atom stereocenters. The van der Waals surface area contributed by atoms with Crippen LogP contribution in [0.1, 0.15) is 41.5 Å². The van der Waals surface area contributed by atoms with Crippen LogP contribution in [0.15, 0.2) is 0 Å². The van der Waals surface area contributed by atoms with Crippen LogP contribution in [0.25, 0.3) is 0 Å². The minimum atomic E-state index is -1.00. The standard InChI is InChI=1S/C13H26N2O3/c1-9(2)7-15(8-10(16)17)11(18)12(3,4)13(5,6)14/h9H,7-8,14H2,1-6H3,(H,16,17). The molecule has 0 heterocycles. The first-order chi connectivity index (χ1) is 7.89. The molecule has 0 saturated carbocycles. The van der Waals surface area contributed by atoms with Crippen LogP contribution in [0.4, 0.5) is 0 Å². The van der Waals surface area contributed by atoms with E-state index in [1.807, 2.05) is 13.8 Å². The molecule has 0 bridgehead atoms. The maximum absolute atomic E-state index is 12.5. The van der Waals surface area contributed by atoms with Gasteiger partial charge in [0.2, 0.25) is 5.91 Å². The number of aliphatic carboxylic acids is 1. The van der Waals surface area contributed by atoms with Gasteiger partial charge in [-0.05, 0) is 33.6 Å². The maximum Gasteiger partial charge on any atom is 0.323 e. The lowest BCUT2D eigenvalue weighted by Gasteiger charge is -2.40. The zero-order valence-electron chi connectivity index (χ0n) is 12.3. The van der Waals surface area contributed by atoms with Crippen molar-refractivity contribution in [3.8, 4) is 0 Å². The number of nitrogens with zero attached hydrogens (tertiary/aromatic N) is 1. The summed E-state index contributed by atoms with van der Waals surface area (Å²) < 4.78 is 0. The van der Waals surface area contributed by atoms with Crippen LogP contribution in [-0.4, -0.2) is 40.5 Å². The van der Waals surface area contributed by atoms with Gasteiger partial charge in [0.25, 0.3) is 0 Å². The summed E-state index contributed by atoms with van der Waals surface area (Å²) in [6.45, 7) is 11.1. The van der Waals surface area contributed by atoms with Gasteiger partial charge in [-0.3, -0.25) is 9.59 Å². The van der Waals surface area contributed by atoms with Gasteiger partial charge in [0.15, 0.2) is 0 Å². The average Bonchev–Trinajstić information content (AvgIpc) is 2.12. The molecule has 0 aliphatic carbocycles. The van der Waals surface area contributed by atoms with Crippen molar-refractivity contribution < 1.29 is 14.7 Å². The summed E-state index contributed by atoms with van der Waals surface area (Å²) in [6.07, 6.45) is 0. The molecule has 106 valence electrons. The van der Waals surface area contributed by atoms with Crippen molar-refractivity contribution in [2.24, 2.45) is 17.1 Å². The number of carboxylic acid groups (broad SMARTS) is 1. The lowest BCUT2D eigenvalue weighted by Crippen LogP contribution is -2.57.